The van der Waals surface area contributed by atoms with E-state index in [0.29, 0.717) is 0 Å². The summed E-state index contributed by atoms with van der Waals surface area (Å²) in [5.74, 6) is 0. The van der Waals surface area contributed by atoms with Gasteiger partial charge in [-0.15, -0.1) is 0 Å². The van der Waals surface area contributed by atoms with E-state index < -0.39 is 0 Å². The molecule has 1 aliphatic rings. The van der Waals surface area contributed by atoms with Gasteiger partial charge in [0.15, 0.2) is 0 Å². The summed E-state index contributed by atoms with van der Waals surface area (Å²) in [6.07, 6.45) is 7.63. The SMILES string of the molecule is C=C(C)/C=C\C(=C/C)N1CCCNCC1. The normalized spacial score (nSPS) is 19.3. The van der Waals surface area contributed by atoms with Crippen LogP contribution in [-0.4, -0.2) is 31.1 Å². The molecule has 0 aliphatic carbocycles. The fourth-order valence-corrected chi connectivity index (χ4v) is 1.72. The predicted molar refractivity (Wildman–Crippen MR) is 66.8 cm³/mol. The average Bonchev–Trinajstić information content (AvgIpc) is 2.47. The van der Waals surface area contributed by atoms with Crippen LogP contribution in [-0.2, 0) is 0 Å². The Morgan fingerprint density at radius 3 is 2.73 bits per heavy atom. The number of nitrogens with one attached hydrogen (secondary N) is 1. The van der Waals surface area contributed by atoms with Crippen LogP contribution >= 0.6 is 0 Å². The first-order valence-electron chi connectivity index (χ1n) is 5.69. The Morgan fingerprint density at radius 2 is 2.07 bits per heavy atom. The highest BCUT2D eigenvalue weighted by Gasteiger charge is 2.08. The molecule has 0 bridgehead atoms. The molecular weight excluding hydrogens is 184 g/mol. The first kappa shape index (κ1) is 12.1. The van der Waals surface area contributed by atoms with Gasteiger partial charge in [-0.2, -0.15) is 0 Å². The molecule has 1 aliphatic heterocycles. The van der Waals surface area contributed by atoms with E-state index in [9.17, 15) is 0 Å². The number of hydrogen-bond donors (Lipinski definition) is 1. The fraction of sp³-hybridized carbons (Fsp3) is 0.538. The summed E-state index contributed by atoms with van der Waals surface area (Å²) in [6, 6.07) is 0. The highest BCUT2D eigenvalue weighted by Crippen LogP contribution is 2.09. The van der Waals surface area contributed by atoms with E-state index in [2.05, 4.69) is 41.9 Å². The summed E-state index contributed by atoms with van der Waals surface area (Å²) in [5, 5.41) is 3.41. The van der Waals surface area contributed by atoms with Crippen LogP contribution in [0.1, 0.15) is 20.3 Å². The fourth-order valence-electron chi connectivity index (χ4n) is 1.72. The lowest BCUT2D eigenvalue weighted by Gasteiger charge is -2.23. The lowest BCUT2D eigenvalue weighted by atomic mass is 10.2. The van der Waals surface area contributed by atoms with Crippen molar-refractivity contribution in [1.29, 1.82) is 0 Å². The quantitative estimate of drug-likeness (QED) is 0.713. The van der Waals surface area contributed by atoms with Crippen molar-refractivity contribution in [3.05, 3.63) is 36.1 Å². The van der Waals surface area contributed by atoms with Crippen LogP contribution in [0.25, 0.3) is 0 Å². The van der Waals surface area contributed by atoms with Crippen molar-refractivity contribution in [3.63, 3.8) is 0 Å². The van der Waals surface area contributed by atoms with E-state index in [1.807, 2.05) is 6.92 Å². The molecule has 0 atom stereocenters. The van der Waals surface area contributed by atoms with E-state index in [-0.39, 0.29) is 0 Å². The molecule has 1 N–H and O–H groups in total. The first-order chi connectivity index (χ1) is 7.24. The van der Waals surface area contributed by atoms with Crippen molar-refractivity contribution < 1.29 is 0 Å². The minimum atomic E-state index is 1.08. The average molecular weight is 206 g/mol. The highest BCUT2D eigenvalue weighted by molar-refractivity contribution is 5.24. The van der Waals surface area contributed by atoms with Gasteiger partial charge < -0.3 is 10.2 Å². The van der Waals surface area contributed by atoms with E-state index in [1.165, 1.54) is 12.1 Å². The molecule has 0 amide bonds. The Labute approximate surface area is 93.4 Å². The second-order valence-electron chi connectivity index (χ2n) is 3.98. The van der Waals surface area contributed by atoms with Gasteiger partial charge in [0.25, 0.3) is 0 Å². The molecule has 2 nitrogen and oxygen atoms in total. The van der Waals surface area contributed by atoms with Crippen molar-refractivity contribution in [2.75, 3.05) is 26.2 Å². The van der Waals surface area contributed by atoms with Crippen molar-refractivity contribution in [1.82, 2.24) is 10.2 Å². The van der Waals surface area contributed by atoms with Gasteiger partial charge in [-0.1, -0.05) is 24.3 Å². The molecule has 2 heteroatoms. The Kier molecular flexibility index (Phi) is 5.19. The number of allylic oxidation sites excluding steroid dienone is 4. The van der Waals surface area contributed by atoms with Gasteiger partial charge in [-0.3, -0.25) is 0 Å². The molecule has 0 aromatic rings. The summed E-state index contributed by atoms with van der Waals surface area (Å²) < 4.78 is 0. The Balaban J connectivity index is 2.60. The van der Waals surface area contributed by atoms with E-state index in [1.54, 1.807) is 0 Å². The highest BCUT2D eigenvalue weighted by atomic mass is 15.2. The molecule has 1 rings (SSSR count). The summed E-state index contributed by atoms with van der Waals surface area (Å²) in [7, 11) is 0. The minimum Gasteiger partial charge on any atom is -0.370 e. The van der Waals surface area contributed by atoms with Crippen LogP contribution in [0.5, 0.6) is 0 Å². The maximum Gasteiger partial charge on any atom is 0.0323 e. The molecule has 0 unspecified atom stereocenters. The largest absolute Gasteiger partial charge is 0.370 e. The Hall–Kier alpha value is -1.02. The monoisotopic (exact) mass is 206 g/mol. The van der Waals surface area contributed by atoms with Gasteiger partial charge in [-0.25, -0.2) is 0 Å². The Bertz CT molecular complexity index is 256. The summed E-state index contributed by atoms with van der Waals surface area (Å²) in [4.78, 5) is 2.43. The zero-order valence-electron chi connectivity index (χ0n) is 9.92. The maximum absolute atomic E-state index is 3.88. The third kappa shape index (κ3) is 4.34. The minimum absolute atomic E-state index is 1.08. The van der Waals surface area contributed by atoms with E-state index in [4.69, 9.17) is 0 Å². The smallest absolute Gasteiger partial charge is 0.0323 e. The molecule has 0 aromatic carbocycles. The first-order valence-corrected chi connectivity index (χ1v) is 5.69. The van der Waals surface area contributed by atoms with E-state index in [0.717, 1.165) is 31.8 Å². The van der Waals surface area contributed by atoms with Crippen LogP contribution < -0.4 is 5.32 Å². The van der Waals surface area contributed by atoms with Crippen molar-refractivity contribution in [2.24, 2.45) is 0 Å². The van der Waals surface area contributed by atoms with Crippen LogP contribution in [0.2, 0.25) is 0 Å². The van der Waals surface area contributed by atoms with Crippen LogP contribution in [0.15, 0.2) is 36.1 Å². The van der Waals surface area contributed by atoms with Gasteiger partial charge in [-0.05, 0) is 32.9 Å². The molecule has 1 fully saturated rings. The zero-order valence-corrected chi connectivity index (χ0v) is 9.92. The van der Waals surface area contributed by atoms with Crippen LogP contribution in [0.3, 0.4) is 0 Å². The molecule has 0 spiro atoms. The molecule has 0 aromatic heterocycles. The van der Waals surface area contributed by atoms with Gasteiger partial charge >= 0.3 is 0 Å². The van der Waals surface area contributed by atoms with Crippen molar-refractivity contribution in [3.8, 4) is 0 Å². The Morgan fingerprint density at radius 1 is 1.27 bits per heavy atom. The third-order valence-electron chi connectivity index (χ3n) is 2.54. The molecule has 1 heterocycles. The van der Waals surface area contributed by atoms with Crippen molar-refractivity contribution >= 4 is 0 Å². The summed E-state index contributed by atoms with van der Waals surface area (Å²) in [6.45, 7) is 12.5. The standard InChI is InChI=1S/C13H22N2/c1-4-13(7-6-12(2)3)15-10-5-8-14-9-11-15/h4,6-7,14H,2,5,8-11H2,1,3H3/b7-6-,13-4+. The maximum atomic E-state index is 3.88. The predicted octanol–water partition coefficient (Wildman–Crippen LogP) is 2.32. The topological polar surface area (TPSA) is 15.3 Å². The van der Waals surface area contributed by atoms with Crippen LogP contribution in [0.4, 0.5) is 0 Å². The molecule has 0 saturated carbocycles. The molecular formula is C13H22N2. The van der Waals surface area contributed by atoms with Crippen LogP contribution in [0, 0.1) is 0 Å². The number of nitrogens with zero attached hydrogens (tertiary/aromatic N) is 1. The molecule has 1 saturated heterocycles. The number of rotatable bonds is 3. The van der Waals surface area contributed by atoms with Gasteiger partial charge in [0.1, 0.15) is 0 Å². The second-order valence-corrected chi connectivity index (χ2v) is 3.98. The summed E-state index contributed by atoms with van der Waals surface area (Å²) >= 11 is 0. The lowest BCUT2D eigenvalue weighted by molar-refractivity contribution is 0.378. The second kappa shape index (κ2) is 6.46. The summed E-state index contributed by atoms with van der Waals surface area (Å²) in [5.41, 5.74) is 2.41. The third-order valence-corrected chi connectivity index (χ3v) is 2.54. The molecule has 15 heavy (non-hydrogen) atoms. The molecule has 0 radical (unpaired) electrons. The number of hydrogen-bond acceptors (Lipinski definition) is 2. The van der Waals surface area contributed by atoms with E-state index >= 15 is 0 Å². The lowest BCUT2D eigenvalue weighted by Crippen LogP contribution is -2.26. The van der Waals surface area contributed by atoms with Gasteiger partial charge in [0.2, 0.25) is 0 Å². The molecule has 84 valence electrons. The van der Waals surface area contributed by atoms with Crippen molar-refractivity contribution in [2.45, 2.75) is 20.3 Å². The van der Waals surface area contributed by atoms with Gasteiger partial charge in [0, 0.05) is 25.3 Å². The van der Waals surface area contributed by atoms with Gasteiger partial charge in [0.05, 0.1) is 0 Å². The zero-order chi connectivity index (χ0) is 11.1.